The van der Waals surface area contributed by atoms with Crippen molar-refractivity contribution >= 4 is 0 Å². The molecule has 1 rings (SSSR count). The van der Waals surface area contributed by atoms with Crippen molar-refractivity contribution in [1.82, 2.24) is 10.0 Å². The molecule has 0 N–H and O–H groups in total. The summed E-state index contributed by atoms with van der Waals surface area (Å²) in [5, 5.41) is 4.53. The number of rotatable bonds is 0. The Bertz CT molecular complexity index is 72.6. The van der Waals surface area contributed by atoms with E-state index in [2.05, 4.69) is 31.0 Å². The van der Waals surface area contributed by atoms with Crippen LogP contribution < -0.4 is 0 Å². The van der Waals surface area contributed by atoms with Crippen molar-refractivity contribution in [1.29, 1.82) is 0 Å². The van der Waals surface area contributed by atoms with Crippen molar-refractivity contribution in [3.05, 3.63) is 0 Å². The molecule has 0 amide bonds. The highest BCUT2D eigenvalue weighted by atomic mass is 15.6. The monoisotopic (exact) mass is 114 g/mol. The van der Waals surface area contributed by atoms with Gasteiger partial charge in [-0.25, -0.2) is 10.0 Å². The summed E-state index contributed by atoms with van der Waals surface area (Å²) in [5.41, 5.74) is 0. The second-order valence-electron chi connectivity index (χ2n) is 2.59. The van der Waals surface area contributed by atoms with Crippen molar-refractivity contribution in [3.63, 3.8) is 0 Å². The van der Waals surface area contributed by atoms with Crippen molar-refractivity contribution in [2.45, 2.75) is 19.4 Å². The summed E-state index contributed by atoms with van der Waals surface area (Å²) in [6, 6.07) is 0.750. The fraction of sp³-hybridized carbons (Fsp3) is 1.00. The summed E-state index contributed by atoms with van der Waals surface area (Å²) in [5.74, 6) is 0. The van der Waals surface area contributed by atoms with Gasteiger partial charge in [-0.1, -0.05) is 0 Å². The average molecular weight is 114 g/mol. The molecule has 8 heavy (non-hydrogen) atoms. The van der Waals surface area contributed by atoms with E-state index in [1.165, 1.54) is 13.0 Å². The summed E-state index contributed by atoms with van der Waals surface area (Å²) in [7, 11) is 4.27. The molecule has 1 aliphatic rings. The van der Waals surface area contributed by atoms with E-state index >= 15 is 0 Å². The maximum Gasteiger partial charge on any atom is 0.0227 e. The van der Waals surface area contributed by atoms with Crippen LogP contribution in [0, 0.1) is 0 Å². The van der Waals surface area contributed by atoms with Crippen LogP contribution in [0.2, 0.25) is 0 Å². The molecule has 2 heteroatoms. The van der Waals surface area contributed by atoms with Crippen molar-refractivity contribution in [2.24, 2.45) is 0 Å². The number of hydrogen-bond acceptors (Lipinski definition) is 2. The van der Waals surface area contributed by atoms with Crippen molar-refractivity contribution in [2.75, 3.05) is 20.6 Å². The van der Waals surface area contributed by atoms with Crippen LogP contribution in [-0.2, 0) is 0 Å². The molecule has 1 heterocycles. The van der Waals surface area contributed by atoms with Crippen LogP contribution in [0.5, 0.6) is 0 Å². The fourth-order valence-electron chi connectivity index (χ4n) is 1.05. The average Bonchev–Trinajstić information content (AvgIpc) is 1.98. The molecule has 0 aromatic rings. The van der Waals surface area contributed by atoms with Crippen LogP contribution in [-0.4, -0.2) is 36.7 Å². The standard InChI is InChI=1S/C6H14N2/c1-6-4-5-7(2)8(6)3/h6H,4-5H2,1-3H3. The second kappa shape index (κ2) is 2.03. The first-order chi connectivity index (χ1) is 3.72. The molecule has 1 fully saturated rings. The largest absolute Gasteiger partial charge is 0.245 e. The minimum absolute atomic E-state index is 0.750. The normalized spacial score (nSPS) is 34.1. The van der Waals surface area contributed by atoms with Crippen LogP contribution in [0.4, 0.5) is 0 Å². The molecule has 0 saturated carbocycles. The highest BCUT2D eigenvalue weighted by Crippen LogP contribution is 2.11. The first kappa shape index (κ1) is 6.05. The predicted octanol–water partition coefficient (Wildman–Crippen LogP) is 0.557. The summed E-state index contributed by atoms with van der Waals surface area (Å²) in [6.45, 7) is 3.47. The van der Waals surface area contributed by atoms with Gasteiger partial charge in [0, 0.05) is 26.7 Å². The lowest BCUT2D eigenvalue weighted by molar-refractivity contribution is 0.0594. The van der Waals surface area contributed by atoms with Gasteiger partial charge in [0.05, 0.1) is 0 Å². The smallest absolute Gasteiger partial charge is 0.0227 e. The van der Waals surface area contributed by atoms with Gasteiger partial charge in [0.2, 0.25) is 0 Å². The molecule has 0 aromatic carbocycles. The molecule has 2 nitrogen and oxygen atoms in total. The molecule has 1 aliphatic heterocycles. The lowest BCUT2D eigenvalue weighted by atomic mass is 10.3. The van der Waals surface area contributed by atoms with Gasteiger partial charge in [0.25, 0.3) is 0 Å². The molecule has 0 aromatic heterocycles. The highest BCUT2D eigenvalue weighted by molar-refractivity contribution is 4.68. The Morgan fingerprint density at radius 2 is 2.00 bits per heavy atom. The van der Waals surface area contributed by atoms with Gasteiger partial charge in [-0.05, 0) is 13.3 Å². The van der Waals surface area contributed by atoms with Crippen LogP contribution >= 0.6 is 0 Å². The van der Waals surface area contributed by atoms with Crippen LogP contribution in [0.1, 0.15) is 13.3 Å². The molecule has 0 spiro atoms. The Morgan fingerprint density at radius 3 is 2.12 bits per heavy atom. The first-order valence-electron chi connectivity index (χ1n) is 3.15. The van der Waals surface area contributed by atoms with Crippen molar-refractivity contribution in [3.8, 4) is 0 Å². The third kappa shape index (κ3) is 0.858. The van der Waals surface area contributed by atoms with Crippen LogP contribution in [0.25, 0.3) is 0 Å². The molecule has 0 bridgehead atoms. The van der Waals surface area contributed by atoms with E-state index in [1.54, 1.807) is 0 Å². The van der Waals surface area contributed by atoms with E-state index in [1.807, 2.05) is 0 Å². The summed E-state index contributed by atoms with van der Waals surface area (Å²) in [4.78, 5) is 0. The summed E-state index contributed by atoms with van der Waals surface area (Å²) < 4.78 is 0. The Hall–Kier alpha value is -0.0800. The van der Waals surface area contributed by atoms with Crippen molar-refractivity contribution < 1.29 is 0 Å². The Balaban J connectivity index is 2.44. The molecule has 48 valence electrons. The van der Waals surface area contributed by atoms with E-state index in [-0.39, 0.29) is 0 Å². The SMILES string of the molecule is CC1CCN(C)N1C. The van der Waals surface area contributed by atoms with Gasteiger partial charge in [-0.3, -0.25) is 0 Å². The van der Waals surface area contributed by atoms with E-state index in [4.69, 9.17) is 0 Å². The third-order valence-corrected chi connectivity index (χ3v) is 2.05. The number of nitrogens with zero attached hydrogens (tertiary/aromatic N) is 2. The minimum Gasteiger partial charge on any atom is -0.245 e. The number of hydrogen-bond donors (Lipinski definition) is 0. The van der Waals surface area contributed by atoms with E-state index in [9.17, 15) is 0 Å². The quantitative estimate of drug-likeness (QED) is 0.454. The maximum atomic E-state index is 2.28. The Kier molecular flexibility index (Phi) is 1.54. The lowest BCUT2D eigenvalue weighted by Gasteiger charge is -2.21. The Labute approximate surface area is 51.0 Å². The van der Waals surface area contributed by atoms with Gasteiger partial charge in [-0.2, -0.15) is 0 Å². The van der Waals surface area contributed by atoms with Gasteiger partial charge in [0.15, 0.2) is 0 Å². The highest BCUT2D eigenvalue weighted by Gasteiger charge is 2.20. The maximum absolute atomic E-state index is 2.28. The zero-order valence-electron chi connectivity index (χ0n) is 5.89. The second-order valence-corrected chi connectivity index (χ2v) is 2.59. The lowest BCUT2D eigenvalue weighted by Crippen LogP contribution is -2.33. The first-order valence-corrected chi connectivity index (χ1v) is 3.15. The van der Waals surface area contributed by atoms with E-state index < -0.39 is 0 Å². The topological polar surface area (TPSA) is 6.48 Å². The summed E-state index contributed by atoms with van der Waals surface area (Å²) in [6.07, 6.45) is 1.31. The zero-order valence-corrected chi connectivity index (χ0v) is 5.89. The third-order valence-electron chi connectivity index (χ3n) is 2.05. The fourth-order valence-corrected chi connectivity index (χ4v) is 1.05. The molecule has 1 saturated heterocycles. The molecule has 0 aliphatic carbocycles. The van der Waals surface area contributed by atoms with Crippen LogP contribution in [0.15, 0.2) is 0 Å². The van der Waals surface area contributed by atoms with Crippen LogP contribution in [0.3, 0.4) is 0 Å². The molecule has 1 atom stereocenters. The molecular weight excluding hydrogens is 100 g/mol. The van der Waals surface area contributed by atoms with E-state index in [0.29, 0.717) is 0 Å². The van der Waals surface area contributed by atoms with E-state index in [0.717, 1.165) is 6.04 Å². The molecular formula is C6H14N2. The zero-order chi connectivity index (χ0) is 6.15. The van der Waals surface area contributed by atoms with Gasteiger partial charge in [0.1, 0.15) is 0 Å². The van der Waals surface area contributed by atoms with Gasteiger partial charge >= 0.3 is 0 Å². The van der Waals surface area contributed by atoms with Gasteiger partial charge in [-0.15, -0.1) is 0 Å². The number of hydrazine groups is 1. The molecule has 0 radical (unpaired) electrons. The minimum atomic E-state index is 0.750. The summed E-state index contributed by atoms with van der Waals surface area (Å²) >= 11 is 0. The predicted molar refractivity (Wildman–Crippen MR) is 34.5 cm³/mol. The van der Waals surface area contributed by atoms with Gasteiger partial charge < -0.3 is 0 Å². The molecule has 1 unspecified atom stereocenters. The Morgan fingerprint density at radius 1 is 1.38 bits per heavy atom.